The molecule has 1 saturated heterocycles. The maximum Gasteiger partial charge on any atom is 0.433 e. The molecule has 312 valence electrons. The number of ketones is 2. The number of benzene rings is 2. The van der Waals surface area contributed by atoms with Crippen LogP contribution in [0.25, 0.3) is 21.3 Å². The van der Waals surface area contributed by atoms with Gasteiger partial charge in [0.25, 0.3) is 5.91 Å². The van der Waals surface area contributed by atoms with Crippen LogP contribution in [0.1, 0.15) is 90.9 Å². The van der Waals surface area contributed by atoms with Gasteiger partial charge in [-0.15, -0.1) is 11.3 Å². The summed E-state index contributed by atoms with van der Waals surface area (Å²) in [4.78, 5) is 64.5. The smallest absolute Gasteiger partial charge is 0.433 e. The summed E-state index contributed by atoms with van der Waals surface area (Å²) < 4.78 is 49.1. The van der Waals surface area contributed by atoms with Crippen LogP contribution in [0.15, 0.2) is 47.3 Å². The zero-order chi connectivity index (χ0) is 41.7. The van der Waals surface area contributed by atoms with Crippen LogP contribution < -0.4 is 20.6 Å². The number of ether oxygens (including phenoxy) is 1. The minimum atomic E-state index is -4.67. The molecule has 3 aliphatic rings. The van der Waals surface area contributed by atoms with Crippen LogP contribution in [0.4, 0.5) is 24.5 Å². The summed E-state index contributed by atoms with van der Waals surface area (Å²) >= 11 is 8.21. The number of nitrogens with one attached hydrogen (secondary N) is 1. The number of fused-ring (bicyclic) bond motifs is 2. The van der Waals surface area contributed by atoms with Crippen molar-refractivity contribution in [3.8, 4) is 5.75 Å². The van der Waals surface area contributed by atoms with E-state index in [0.717, 1.165) is 96.7 Å². The van der Waals surface area contributed by atoms with Gasteiger partial charge in [-0.1, -0.05) is 17.7 Å². The molecular formula is C42H45ClF3N7O5S. The molecule has 59 heavy (non-hydrogen) atoms. The number of pyridine rings is 1. The molecule has 2 saturated carbocycles. The fraction of sp³-hybridized carbons (Fsp3) is 0.476. The number of hydrogen-bond donors (Lipinski definition) is 1. The predicted octanol–water partition coefficient (Wildman–Crippen LogP) is 8.02. The number of imidazole rings is 1. The van der Waals surface area contributed by atoms with E-state index in [4.69, 9.17) is 21.3 Å². The second-order valence-corrected chi connectivity index (χ2v) is 17.5. The van der Waals surface area contributed by atoms with E-state index >= 15 is 0 Å². The molecule has 1 N–H and O–H groups in total. The first kappa shape index (κ1) is 41.0. The number of aryl methyl sites for hydroxylation is 1. The molecule has 3 aromatic heterocycles. The Kier molecular flexibility index (Phi) is 11.3. The summed E-state index contributed by atoms with van der Waals surface area (Å²) in [5.41, 5.74) is 1.54. The number of piperidine rings is 1. The second kappa shape index (κ2) is 16.3. The lowest BCUT2D eigenvalue weighted by Crippen LogP contribution is -2.45. The molecule has 1 unspecified atom stereocenters. The molecule has 5 aromatic rings. The molecule has 12 nitrogen and oxygen atoms in total. The van der Waals surface area contributed by atoms with Crippen molar-refractivity contribution in [2.45, 2.75) is 82.0 Å². The van der Waals surface area contributed by atoms with E-state index in [0.29, 0.717) is 46.3 Å². The Labute approximate surface area is 347 Å². The van der Waals surface area contributed by atoms with Crippen LogP contribution in [0, 0.1) is 5.92 Å². The van der Waals surface area contributed by atoms with Gasteiger partial charge in [0, 0.05) is 56.2 Å². The second-order valence-electron chi connectivity index (χ2n) is 16.0. The lowest BCUT2D eigenvalue weighted by molar-refractivity contribution is -0.141. The quantitative estimate of drug-likeness (QED) is 0.147. The molecule has 0 radical (unpaired) electrons. The van der Waals surface area contributed by atoms with Gasteiger partial charge in [0.15, 0.2) is 5.78 Å². The number of carbonyl (C=O) groups is 3. The van der Waals surface area contributed by atoms with Gasteiger partial charge in [-0.3, -0.25) is 23.5 Å². The number of carbonyl (C=O) groups excluding carboxylic acids is 3. The number of amides is 1. The topological polar surface area (TPSA) is 132 Å². The summed E-state index contributed by atoms with van der Waals surface area (Å²) in [6.07, 6.45) is 1.83. The van der Waals surface area contributed by atoms with Gasteiger partial charge in [0.05, 0.1) is 57.2 Å². The van der Waals surface area contributed by atoms with Crippen molar-refractivity contribution in [2.24, 2.45) is 13.0 Å². The number of anilines is 2. The number of alkyl halides is 3. The van der Waals surface area contributed by atoms with Gasteiger partial charge in [-0.05, 0) is 88.2 Å². The first-order valence-corrected chi connectivity index (χ1v) is 21.1. The van der Waals surface area contributed by atoms with E-state index in [1.807, 2.05) is 6.07 Å². The van der Waals surface area contributed by atoms with E-state index in [1.54, 1.807) is 41.2 Å². The molecule has 17 heteroatoms. The molecule has 1 atom stereocenters. The fourth-order valence-corrected chi connectivity index (χ4v) is 10.5. The molecule has 1 aliphatic heterocycles. The third-order valence-corrected chi connectivity index (χ3v) is 13.7. The Morgan fingerprint density at radius 2 is 1.76 bits per heavy atom. The van der Waals surface area contributed by atoms with Crippen molar-refractivity contribution >= 4 is 73.0 Å². The SMILES string of the molecule is COc1cc2nc(C3CCC(CN(C)C4CCN(c5cc(Cl)cc6c5n(C)c(=O)n6C5CCC(=O)CC5=O)CC4)CC3)sc2cc1NC(=O)c1cccc(C(F)(F)F)n1. The fourth-order valence-electron chi connectivity index (χ4n) is 9.15. The summed E-state index contributed by atoms with van der Waals surface area (Å²) in [6, 6.07) is 10.1. The Morgan fingerprint density at radius 1 is 1.02 bits per heavy atom. The van der Waals surface area contributed by atoms with Gasteiger partial charge in [-0.2, -0.15) is 13.2 Å². The standard InChI is InChI=1S/C42H45ClF3N7O5S/c1-50(26-13-15-52(16-14-26)32-17-25(43)18-33-38(32)51(2)41(57)53(33)31-12-11-27(54)19-34(31)55)22-23-7-9-24(10-8-23)40-49-30-20-35(58-3)29(21-36(30)59-40)48-39(56)28-5-4-6-37(47-28)42(44,45)46/h4-6,17-18,20-21,23-24,26,31H,7-16,19,22H2,1-3H3,(H,48,56). The number of rotatable bonds is 9. The van der Waals surface area contributed by atoms with Crippen molar-refractivity contribution in [3.05, 3.63) is 74.4 Å². The van der Waals surface area contributed by atoms with Crippen molar-refractivity contribution in [3.63, 3.8) is 0 Å². The molecule has 3 fully saturated rings. The average Bonchev–Trinajstić information content (AvgIpc) is 3.74. The Hall–Kier alpha value is -4.80. The minimum absolute atomic E-state index is 0.0881. The van der Waals surface area contributed by atoms with E-state index in [1.165, 1.54) is 17.7 Å². The average molecular weight is 852 g/mol. The number of Topliss-reactive ketones (excluding diaryl/α,β-unsaturated/α-hetero) is 2. The van der Waals surface area contributed by atoms with Crippen molar-refractivity contribution in [2.75, 3.05) is 44.0 Å². The first-order chi connectivity index (χ1) is 28.2. The molecule has 0 spiro atoms. The van der Waals surface area contributed by atoms with Crippen molar-refractivity contribution in [1.29, 1.82) is 0 Å². The Balaban J connectivity index is 0.875. The van der Waals surface area contributed by atoms with E-state index in [-0.39, 0.29) is 35.8 Å². The van der Waals surface area contributed by atoms with Crippen LogP contribution in [0.2, 0.25) is 5.02 Å². The molecule has 4 heterocycles. The van der Waals surface area contributed by atoms with Crippen LogP contribution in [-0.4, -0.2) is 81.3 Å². The number of methoxy groups -OCH3 is 1. The number of nitrogens with zero attached hydrogens (tertiary/aromatic N) is 6. The highest BCUT2D eigenvalue weighted by Crippen LogP contribution is 2.42. The molecule has 2 aliphatic carbocycles. The lowest BCUT2D eigenvalue weighted by Gasteiger charge is -2.40. The van der Waals surface area contributed by atoms with Gasteiger partial charge in [0.2, 0.25) is 0 Å². The van der Waals surface area contributed by atoms with Gasteiger partial charge < -0.3 is 19.9 Å². The number of hydrogen-bond acceptors (Lipinski definition) is 10. The Morgan fingerprint density at radius 3 is 2.46 bits per heavy atom. The van der Waals surface area contributed by atoms with Crippen LogP contribution in [0.5, 0.6) is 5.75 Å². The van der Waals surface area contributed by atoms with Gasteiger partial charge >= 0.3 is 11.9 Å². The summed E-state index contributed by atoms with van der Waals surface area (Å²) in [6.45, 7) is 2.58. The number of thiazole rings is 1. The number of aromatic nitrogens is 4. The number of halogens is 4. The molecule has 1 amide bonds. The normalized spacial score (nSPS) is 20.9. The largest absolute Gasteiger partial charge is 0.494 e. The first-order valence-electron chi connectivity index (χ1n) is 19.9. The van der Waals surface area contributed by atoms with Crippen molar-refractivity contribution < 1.29 is 32.3 Å². The third kappa shape index (κ3) is 8.23. The van der Waals surface area contributed by atoms with Gasteiger partial charge in [0.1, 0.15) is 22.9 Å². The summed E-state index contributed by atoms with van der Waals surface area (Å²) in [7, 11) is 5.40. The van der Waals surface area contributed by atoms with Crippen LogP contribution >= 0.6 is 22.9 Å². The third-order valence-electron chi connectivity index (χ3n) is 12.3. The molecule has 2 aromatic carbocycles. The molecular weight excluding hydrogens is 807 g/mol. The zero-order valence-electron chi connectivity index (χ0n) is 33.0. The maximum atomic E-state index is 13.5. The zero-order valence-corrected chi connectivity index (χ0v) is 34.6. The van der Waals surface area contributed by atoms with Gasteiger partial charge in [-0.25, -0.2) is 14.8 Å². The summed E-state index contributed by atoms with van der Waals surface area (Å²) in [5, 5.41) is 4.18. The highest BCUT2D eigenvalue weighted by Gasteiger charge is 2.35. The van der Waals surface area contributed by atoms with E-state index < -0.39 is 23.8 Å². The highest BCUT2D eigenvalue weighted by atomic mass is 35.5. The monoisotopic (exact) mass is 851 g/mol. The van der Waals surface area contributed by atoms with E-state index in [9.17, 15) is 32.3 Å². The molecule has 8 rings (SSSR count). The molecule has 0 bridgehead atoms. The van der Waals surface area contributed by atoms with E-state index in [2.05, 4.69) is 27.1 Å². The maximum absolute atomic E-state index is 13.5. The highest BCUT2D eigenvalue weighted by molar-refractivity contribution is 7.18. The summed E-state index contributed by atoms with van der Waals surface area (Å²) in [5.74, 6) is 0.111. The van der Waals surface area contributed by atoms with Crippen LogP contribution in [0.3, 0.4) is 0 Å². The lowest BCUT2D eigenvalue weighted by atomic mass is 9.82. The van der Waals surface area contributed by atoms with Crippen LogP contribution in [-0.2, 0) is 22.8 Å². The Bertz CT molecular complexity index is 2500. The minimum Gasteiger partial charge on any atom is -0.494 e. The van der Waals surface area contributed by atoms with Crippen molar-refractivity contribution in [1.82, 2.24) is 24.0 Å². The predicted molar refractivity (Wildman–Crippen MR) is 221 cm³/mol.